The van der Waals surface area contributed by atoms with Crippen LogP contribution in [0.2, 0.25) is 0 Å². The summed E-state index contributed by atoms with van der Waals surface area (Å²) in [6, 6.07) is 18.3. The van der Waals surface area contributed by atoms with Crippen LogP contribution in [0.3, 0.4) is 0 Å². The third kappa shape index (κ3) is 3.70. The Bertz CT molecular complexity index is 1260. The van der Waals surface area contributed by atoms with Crippen LogP contribution in [-0.2, 0) is 19.0 Å². The van der Waals surface area contributed by atoms with Gasteiger partial charge in [-0.2, -0.15) is 13.2 Å². The van der Waals surface area contributed by atoms with Crippen molar-refractivity contribution in [2.45, 2.75) is 25.1 Å². The summed E-state index contributed by atoms with van der Waals surface area (Å²) in [4.78, 5) is 17.7. The van der Waals surface area contributed by atoms with Crippen LogP contribution in [0.25, 0.3) is 21.3 Å². The van der Waals surface area contributed by atoms with Crippen molar-refractivity contribution < 1.29 is 18.0 Å². The molecule has 0 saturated heterocycles. The number of nitrogens with zero attached hydrogens (tertiary/aromatic N) is 1. The molecule has 0 atom stereocenters. The Labute approximate surface area is 180 Å². The first-order valence-corrected chi connectivity index (χ1v) is 10.6. The van der Waals surface area contributed by atoms with Gasteiger partial charge in [-0.3, -0.25) is 9.78 Å². The predicted octanol–water partition coefficient (Wildman–Crippen LogP) is 5.88. The highest BCUT2D eigenvalue weighted by Gasteiger charge is 2.32. The van der Waals surface area contributed by atoms with E-state index in [2.05, 4.69) is 22.4 Å². The van der Waals surface area contributed by atoms with Gasteiger partial charge in [0.25, 0.3) is 5.91 Å². The maximum Gasteiger partial charge on any atom is 0.417 e. The molecule has 1 aliphatic carbocycles. The van der Waals surface area contributed by atoms with Gasteiger partial charge in [-0.1, -0.05) is 54.6 Å². The van der Waals surface area contributed by atoms with E-state index in [-0.39, 0.29) is 11.9 Å². The zero-order valence-electron chi connectivity index (χ0n) is 16.2. The number of carbonyl (C=O) groups excluding carboxylic acids is 1. The largest absolute Gasteiger partial charge is 0.417 e. The zero-order valence-corrected chi connectivity index (χ0v) is 17.1. The van der Waals surface area contributed by atoms with E-state index in [9.17, 15) is 18.0 Å². The number of hydrogen-bond acceptors (Lipinski definition) is 3. The summed E-state index contributed by atoms with van der Waals surface area (Å²) >= 11 is 1.05. The van der Waals surface area contributed by atoms with Crippen LogP contribution in [0.1, 0.15) is 26.4 Å². The number of nitrogens with one attached hydrogen (secondary N) is 1. The summed E-state index contributed by atoms with van der Waals surface area (Å²) < 4.78 is 39.9. The molecule has 0 radical (unpaired) electrons. The second-order valence-corrected chi connectivity index (χ2v) is 8.64. The Morgan fingerprint density at radius 2 is 1.65 bits per heavy atom. The van der Waals surface area contributed by atoms with Crippen LogP contribution in [0.5, 0.6) is 0 Å². The third-order valence-electron chi connectivity index (χ3n) is 5.51. The van der Waals surface area contributed by atoms with E-state index < -0.39 is 11.7 Å². The summed E-state index contributed by atoms with van der Waals surface area (Å²) in [5.41, 5.74) is 3.33. The highest BCUT2D eigenvalue weighted by molar-refractivity contribution is 7.21. The van der Waals surface area contributed by atoms with Crippen molar-refractivity contribution in [2.24, 2.45) is 0 Å². The SMILES string of the molecule is O=C(NC1Cc2ccccc2C1)c1sc2cc(C(F)(F)F)cnc2c1-c1ccccc1. The number of thiophene rings is 1. The van der Waals surface area contributed by atoms with E-state index in [1.165, 1.54) is 11.1 Å². The number of halogens is 3. The number of benzene rings is 2. The molecule has 1 N–H and O–H groups in total. The maximum atomic E-state index is 13.2. The first kappa shape index (κ1) is 19.8. The Kier molecular flexibility index (Phi) is 4.78. The number of fused-ring (bicyclic) bond motifs is 2. The van der Waals surface area contributed by atoms with Crippen molar-refractivity contribution in [1.29, 1.82) is 0 Å². The standard InChI is InChI=1S/C24H17F3N2OS/c25-24(26,27)17-12-19-21(28-13-17)20(14-6-2-1-3-7-14)22(31-19)23(30)29-18-10-15-8-4-5-9-16(15)11-18/h1-9,12-13,18H,10-11H2,(H,29,30). The lowest BCUT2D eigenvalue weighted by Crippen LogP contribution is -2.35. The topological polar surface area (TPSA) is 42.0 Å². The first-order chi connectivity index (χ1) is 14.9. The molecule has 7 heteroatoms. The van der Waals surface area contributed by atoms with Crippen molar-refractivity contribution in [3.05, 3.63) is 88.4 Å². The van der Waals surface area contributed by atoms with Crippen LogP contribution >= 0.6 is 11.3 Å². The Balaban J connectivity index is 1.54. The second-order valence-electron chi connectivity index (χ2n) is 7.59. The Morgan fingerprint density at radius 1 is 1.00 bits per heavy atom. The molecule has 0 fully saturated rings. The minimum absolute atomic E-state index is 0.0440. The van der Waals surface area contributed by atoms with Crippen molar-refractivity contribution in [1.82, 2.24) is 10.3 Å². The number of pyridine rings is 1. The fourth-order valence-electron chi connectivity index (χ4n) is 4.08. The van der Waals surface area contributed by atoms with Crippen LogP contribution in [0, 0.1) is 0 Å². The van der Waals surface area contributed by atoms with Crippen molar-refractivity contribution in [3.63, 3.8) is 0 Å². The lowest BCUT2D eigenvalue weighted by molar-refractivity contribution is -0.137. The van der Waals surface area contributed by atoms with Gasteiger partial charge in [0, 0.05) is 17.8 Å². The molecule has 5 rings (SSSR count). The van der Waals surface area contributed by atoms with Crippen molar-refractivity contribution in [3.8, 4) is 11.1 Å². The smallest absolute Gasteiger partial charge is 0.348 e. The number of aromatic nitrogens is 1. The molecule has 3 nitrogen and oxygen atoms in total. The van der Waals surface area contributed by atoms with Gasteiger partial charge < -0.3 is 5.32 Å². The number of rotatable bonds is 3. The molecular formula is C24H17F3N2OS. The van der Waals surface area contributed by atoms with Gasteiger partial charge in [-0.25, -0.2) is 0 Å². The van der Waals surface area contributed by atoms with E-state index in [1.807, 2.05) is 42.5 Å². The highest BCUT2D eigenvalue weighted by Crippen LogP contribution is 2.40. The monoisotopic (exact) mass is 438 g/mol. The molecule has 0 bridgehead atoms. The minimum Gasteiger partial charge on any atom is -0.348 e. The minimum atomic E-state index is -4.49. The van der Waals surface area contributed by atoms with Gasteiger partial charge in [-0.15, -0.1) is 11.3 Å². The number of hydrogen-bond donors (Lipinski definition) is 1. The molecule has 1 aliphatic rings. The van der Waals surface area contributed by atoms with Gasteiger partial charge in [0.1, 0.15) is 4.88 Å². The lowest BCUT2D eigenvalue weighted by Gasteiger charge is -2.12. The predicted molar refractivity (Wildman–Crippen MR) is 115 cm³/mol. The second kappa shape index (κ2) is 7.50. The molecule has 1 amide bonds. The molecule has 0 unspecified atom stereocenters. The van der Waals surface area contributed by atoms with E-state index in [0.717, 1.165) is 42.0 Å². The molecule has 0 spiro atoms. The summed E-state index contributed by atoms with van der Waals surface area (Å²) in [7, 11) is 0. The molecule has 4 aromatic rings. The lowest BCUT2D eigenvalue weighted by atomic mass is 10.0. The van der Waals surface area contributed by atoms with Gasteiger partial charge in [0.15, 0.2) is 0 Å². The molecule has 156 valence electrons. The molecule has 2 aromatic heterocycles. The molecule has 31 heavy (non-hydrogen) atoms. The normalized spacial score (nSPS) is 14.0. The van der Waals surface area contributed by atoms with Crippen LogP contribution in [-0.4, -0.2) is 16.9 Å². The van der Waals surface area contributed by atoms with E-state index >= 15 is 0 Å². The van der Waals surface area contributed by atoms with Gasteiger partial charge >= 0.3 is 6.18 Å². The van der Waals surface area contributed by atoms with Crippen LogP contribution in [0.4, 0.5) is 13.2 Å². The van der Waals surface area contributed by atoms with Gasteiger partial charge in [0.2, 0.25) is 0 Å². The Hall–Kier alpha value is -3.19. The fourth-order valence-corrected chi connectivity index (χ4v) is 5.20. The quantitative estimate of drug-likeness (QED) is 0.434. The number of carbonyl (C=O) groups is 1. The Morgan fingerprint density at radius 3 is 2.29 bits per heavy atom. The molecule has 2 aromatic carbocycles. The van der Waals surface area contributed by atoms with E-state index in [4.69, 9.17) is 0 Å². The summed E-state index contributed by atoms with van der Waals surface area (Å²) in [6.45, 7) is 0. The van der Waals surface area contributed by atoms with Crippen LogP contribution in [0.15, 0.2) is 66.9 Å². The number of amides is 1. The van der Waals surface area contributed by atoms with Gasteiger partial charge in [-0.05, 0) is 35.6 Å². The average Bonchev–Trinajstić information content (AvgIpc) is 3.34. The molecular weight excluding hydrogens is 421 g/mol. The van der Waals surface area contributed by atoms with E-state index in [0.29, 0.717) is 20.7 Å². The molecule has 0 saturated carbocycles. The summed E-state index contributed by atoms with van der Waals surface area (Å²) in [5.74, 6) is -0.284. The fraction of sp³-hybridized carbons (Fsp3) is 0.167. The molecule has 0 aliphatic heterocycles. The first-order valence-electron chi connectivity index (χ1n) is 9.83. The number of alkyl halides is 3. The third-order valence-corrected chi connectivity index (χ3v) is 6.64. The zero-order chi connectivity index (χ0) is 21.6. The van der Waals surface area contributed by atoms with Crippen molar-refractivity contribution in [2.75, 3.05) is 0 Å². The summed E-state index contributed by atoms with van der Waals surface area (Å²) in [5, 5.41) is 3.08. The van der Waals surface area contributed by atoms with E-state index in [1.54, 1.807) is 0 Å². The maximum absolute atomic E-state index is 13.2. The highest BCUT2D eigenvalue weighted by atomic mass is 32.1. The average molecular weight is 438 g/mol. The molecule has 2 heterocycles. The van der Waals surface area contributed by atoms with Crippen molar-refractivity contribution >= 4 is 27.5 Å². The van der Waals surface area contributed by atoms with Crippen LogP contribution < -0.4 is 5.32 Å². The van der Waals surface area contributed by atoms with Gasteiger partial charge in [0.05, 0.1) is 15.8 Å². The summed E-state index contributed by atoms with van der Waals surface area (Å²) in [6.07, 6.45) is -2.18.